The van der Waals surface area contributed by atoms with Gasteiger partial charge in [0.05, 0.1) is 0 Å². The van der Waals surface area contributed by atoms with Gasteiger partial charge in [-0.1, -0.05) is 35.9 Å². The summed E-state index contributed by atoms with van der Waals surface area (Å²) < 4.78 is 1.85. The van der Waals surface area contributed by atoms with Crippen LogP contribution in [0.5, 0.6) is 0 Å². The highest BCUT2D eigenvalue weighted by Gasteiger charge is 2.03. The highest BCUT2D eigenvalue weighted by atomic mass is 35.5. The Bertz CT molecular complexity index is 621. The molecule has 0 amide bonds. The van der Waals surface area contributed by atoms with E-state index >= 15 is 0 Å². The van der Waals surface area contributed by atoms with Crippen LogP contribution in [0.3, 0.4) is 0 Å². The maximum absolute atomic E-state index is 10.5. The van der Waals surface area contributed by atoms with E-state index in [1.807, 2.05) is 65.5 Å². The molecule has 1 aromatic heterocycles. The normalized spacial score (nSPS) is 10.8. The Kier molecular flexibility index (Phi) is 4.91. The van der Waals surface area contributed by atoms with Crippen LogP contribution in [0.25, 0.3) is 12.2 Å². The van der Waals surface area contributed by atoms with Crippen LogP contribution < -0.4 is 4.57 Å². The zero-order chi connectivity index (χ0) is 14.4. The van der Waals surface area contributed by atoms with E-state index in [1.54, 1.807) is 0 Å². The number of carbonyl (C=O) groups is 1. The van der Waals surface area contributed by atoms with Crippen molar-refractivity contribution in [3.8, 4) is 0 Å². The van der Waals surface area contributed by atoms with Gasteiger partial charge >= 0.3 is 5.97 Å². The van der Waals surface area contributed by atoms with E-state index < -0.39 is 5.97 Å². The Labute approximate surface area is 122 Å². The van der Waals surface area contributed by atoms with E-state index in [1.165, 1.54) is 0 Å². The number of carboxylic acid groups (broad SMARTS) is 1. The molecule has 0 unspecified atom stereocenters. The number of halogens is 1. The number of hydrogen-bond acceptors (Lipinski definition) is 1. The molecule has 0 atom stereocenters. The van der Waals surface area contributed by atoms with Gasteiger partial charge in [-0.3, -0.25) is 4.79 Å². The molecule has 1 N–H and O–H groups in total. The molecular formula is C16H15ClNO2+. The van der Waals surface area contributed by atoms with Crippen LogP contribution in [-0.4, -0.2) is 11.1 Å². The predicted octanol–water partition coefficient (Wildman–Crippen LogP) is 3.27. The highest BCUT2D eigenvalue weighted by molar-refractivity contribution is 6.30. The second kappa shape index (κ2) is 6.87. The Balaban J connectivity index is 2.01. The molecule has 2 aromatic rings. The summed E-state index contributed by atoms with van der Waals surface area (Å²) in [5.74, 6) is -0.789. The number of aliphatic carboxylic acids is 1. The van der Waals surface area contributed by atoms with Gasteiger partial charge in [-0.05, 0) is 23.3 Å². The van der Waals surface area contributed by atoms with Gasteiger partial charge in [0.15, 0.2) is 18.9 Å². The quantitative estimate of drug-likeness (QED) is 0.858. The molecule has 0 saturated carbocycles. The van der Waals surface area contributed by atoms with Gasteiger partial charge in [-0.2, -0.15) is 0 Å². The summed E-state index contributed by atoms with van der Waals surface area (Å²) in [6.45, 7) is 0.480. The molecule has 0 fully saturated rings. The number of carboxylic acids is 1. The van der Waals surface area contributed by atoms with Gasteiger partial charge in [0.1, 0.15) is 6.42 Å². The van der Waals surface area contributed by atoms with Crippen LogP contribution in [0.4, 0.5) is 0 Å². The van der Waals surface area contributed by atoms with Crippen molar-refractivity contribution in [2.24, 2.45) is 0 Å². The standard InChI is InChI=1S/C16H14ClNO2/c17-15-3-1-2-14(12-15)5-4-13-6-9-18(10-7-13)11-8-16(19)20/h1-7,9-10,12H,8,11H2/p+1/b5-4-. The van der Waals surface area contributed by atoms with Crippen LogP contribution in [0.2, 0.25) is 5.02 Å². The molecular weight excluding hydrogens is 274 g/mol. The number of aryl methyl sites for hydroxylation is 1. The molecule has 0 saturated heterocycles. The van der Waals surface area contributed by atoms with Gasteiger partial charge in [0, 0.05) is 17.2 Å². The molecule has 0 spiro atoms. The van der Waals surface area contributed by atoms with E-state index in [2.05, 4.69) is 0 Å². The van der Waals surface area contributed by atoms with E-state index in [9.17, 15) is 4.79 Å². The fourth-order valence-corrected chi connectivity index (χ4v) is 1.96. The minimum Gasteiger partial charge on any atom is -0.481 e. The van der Waals surface area contributed by atoms with Crippen molar-refractivity contribution in [3.63, 3.8) is 0 Å². The largest absolute Gasteiger partial charge is 0.481 e. The first-order valence-electron chi connectivity index (χ1n) is 6.28. The lowest BCUT2D eigenvalue weighted by molar-refractivity contribution is -0.696. The van der Waals surface area contributed by atoms with Crippen molar-refractivity contribution in [3.05, 3.63) is 64.9 Å². The summed E-state index contributed by atoms with van der Waals surface area (Å²) in [5.41, 5.74) is 2.09. The summed E-state index contributed by atoms with van der Waals surface area (Å²) in [6, 6.07) is 11.5. The first-order valence-corrected chi connectivity index (χ1v) is 6.66. The van der Waals surface area contributed by atoms with Crippen molar-refractivity contribution in [1.82, 2.24) is 0 Å². The molecule has 0 aliphatic carbocycles. The number of benzene rings is 1. The SMILES string of the molecule is O=C(O)CC[n+]1ccc(/C=C\c2cccc(Cl)c2)cc1. The fourth-order valence-electron chi connectivity index (χ4n) is 1.76. The lowest BCUT2D eigenvalue weighted by Crippen LogP contribution is -2.33. The fraction of sp³-hybridized carbons (Fsp3) is 0.125. The summed E-state index contributed by atoms with van der Waals surface area (Å²) in [5, 5.41) is 9.34. The number of rotatable bonds is 5. The Morgan fingerprint density at radius 1 is 1.15 bits per heavy atom. The maximum atomic E-state index is 10.5. The highest BCUT2D eigenvalue weighted by Crippen LogP contribution is 2.13. The summed E-state index contributed by atoms with van der Waals surface area (Å²) in [4.78, 5) is 10.5. The molecule has 0 bridgehead atoms. The van der Waals surface area contributed by atoms with Crippen molar-refractivity contribution in [1.29, 1.82) is 0 Å². The van der Waals surface area contributed by atoms with E-state index in [-0.39, 0.29) is 6.42 Å². The monoisotopic (exact) mass is 288 g/mol. The summed E-state index contributed by atoms with van der Waals surface area (Å²) in [7, 11) is 0. The van der Waals surface area contributed by atoms with Crippen LogP contribution >= 0.6 is 11.6 Å². The second-order valence-corrected chi connectivity index (χ2v) is 4.84. The number of pyridine rings is 1. The zero-order valence-electron chi connectivity index (χ0n) is 10.9. The van der Waals surface area contributed by atoms with Gasteiger partial charge in [-0.15, -0.1) is 0 Å². The first-order chi connectivity index (χ1) is 9.63. The summed E-state index contributed by atoms with van der Waals surface area (Å²) >= 11 is 5.92. The van der Waals surface area contributed by atoms with Crippen LogP contribution in [0, 0.1) is 0 Å². The molecule has 0 radical (unpaired) electrons. The molecule has 20 heavy (non-hydrogen) atoms. The molecule has 4 heteroatoms. The summed E-state index contributed by atoms with van der Waals surface area (Å²) in [6.07, 6.45) is 7.86. The van der Waals surface area contributed by atoms with Crippen molar-refractivity contribution < 1.29 is 14.5 Å². The zero-order valence-corrected chi connectivity index (χ0v) is 11.6. The Hall–Kier alpha value is -2.13. The van der Waals surface area contributed by atoms with Crippen LogP contribution in [-0.2, 0) is 11.3 Å². The number of aromatic nitrogens is 1. The molecule has 102 valence electrons. The number of nitrogens with zero attached hydrogens (tertiary/aromatic N) is 1. The Morgan fingerprint density at radius 2 is 1.85 bits per heavy atom. The van der Waals surface area contributed by atoms with Gasteiger partial charge in [0.25, 0.3) is 0 Å². The van der Waals surface area contributed by atoms with Gasteiger partial charge in [0.2, 0.25) is 0 Å². The van der Waals surface area contributed by atoms with Crippen molar-refractivity contribution in [2.75, 3.05) is 0 Å². The lowest BCUT2D eigenvalue weighted by atomic mass is 10.1. The third kappa shape index (κ3) is 4.52. The third-order valence-electron chi connectivity index (χ3n) is 2.82. The smallest absolute Gasteiger partial charge is 0.309 e. The minimum atomic E-state index is -0.789. The first kappa shape index (κ1) is 14.3. The molecule has 1 heterocycles. The van der Waals surface area contributed by atoms with Crippen LogP contribution in [0.15, 0.2) is 48.8 Å². The molecule has 1 aromatic carbocycles. The van der Waals surface area contributed by atoms with Crippen LogP contribution in [0.1, 0.15) is 17.5 Å². The topological polar surface area (TPSA) is 41.2 Å². The van der Waals surface area contributed by atoms with Gasteiger partial charge in [-0.25, -0.2) is 4.57 Å². The molecule has 3 nitrogen and oxygen atoms in total. The van der Waals surface area contributed by atoms with E-state index in [4.69, 9.17) is 16.7 Å². The maximum Gasteiger partial charge on any atom is 0.309 e. The molecule has 0 aliphatic heterocycles. The number of hydrogen-bond donors (Lipinski definition) is 1. The van der Waals surface area contributed by atoms with E-state index in [0.717, 1.165) is 11.1 Å². The second-order valence-electron chi connectivity index (χ2n) is 4.40. The predicted molar refractivity (Wildman–Crippen MR) is 79.3 cm³/mol. The minimum absolute atomic E-state index is 0.127. The van der Waals surface area contributed by atoms with E-state index in [0.29, 0.717) is 11.6 Å². The Morgan fingerprint density at radius 3 is 2.50 bits per heavy atom. The molecule has 2 rings (SSSR count). The average molecular weight is 289 g/mol. The van der Waals surface area contributed by atoms with Crippen molar-refractivity contribution in [2.45, 2.75) is 13.0 Å². The van der Waals surface area contributed by atoms with Crippen molar-refractivity contribution >= 4 is 29.7 Å². The van der Waals surface area contributed by atoms with Gasteiger partial charge < -0.3 is 5.11 Å². The lowest BCUT2D eigenvalue weighted by Gasteiger charge is -1.96. The molecule has 0 aliphatic rings. The third-order valence-corrected chi connectivity index (χ3v) is 3.05. The average Bonchev–Trinajstić information content (AvgIpc) is 2.44.